The minimum atomic E-state index is -1.18. The highest BCUT2D eigenvalue weighted by molar-refractivity contribution is 6.33. The molecule has 3 rings (SSSR count). The van der Waals surface area contributed by atoms with E-state index in [9.17, 15) is 13.6 Å². The second kappa shape index (κ2) is 6.80. The molecule has 3 aromatic rings. The highest BCUT2D eigenvalue weighted by Gasteiger charge is 2.17. The lowest BCUT2D eigenvalue weighted by Crippen LogP contribution is -2.07. The van der Waals surface area contributed by atoms with Crippen LogP contribution in [0, 0.1) is 11.6 Å². The largest absolute Gasteiger partial charge is 0.455 e. The van der Waals surface area contributed by atoms with Crippen molar-refractivity contribution in [1.29, 1.82) is 0 Å². The Hall–Kier alpha value is -2.73. The van der Waals surface area contributed by atoms with Gasteiger partial charge in [0.05, 0.1) is 10.6 Å². The molecule has 1 aromatic heterocycles. The lowest BCUT2D eigenvalue weighted by atomic mass is 10.2. The maximum atomic E-state index is 13.2. The molecule has 1 heterocycles. The molecule has 7 heteroatoms. The molecule has 0 N–H and O–H groups in total. The van der Waals surface area contributed by atoms with Crippen molar-refractivity contribution in [2.24, 2.45) is 0 Å². The first-order valence-corrected chi connectivity index (χ1v) is 7.25. The van der Waals surface area contributed by atoms with Gasteiger partial charge in [-0.2, -0.15) is 0 Å². The third-order valence-electron chi connectivity index (χ3n) is 3.20. The first-order valence-electron chi connectivity index (χ1n) is 6.87. The van der Waals surface area contributed by atoms with Gasteiger partial charge in [-0.15, -0.1) is 0 Å². The molecule has 4 nitrogen and oxygen atoms in total. The van der Waals surface area contributed by atoms with Crippen molar-refractivity contribution in [2.75, 3.05) is 0 Å². The molecular formula is C17H10ClF2NO3. The Morgan fingerprint density at radius 3 is 2.58 bits per heavy atom. The maximum Gasteiger partial charge on any atom is 0.340 e. The number of carbonyl (C=O) groups excluding carboxylic acids is 1. The van der Waals surface area contributed by atoms with E-state index in [1.54, 1.807) is 6.07 Å². The molecule has 122 valence electrons. The van der Waals surface area contributed by atoms with Crippen molar-refractivity contribution in [3.05, 3.63) is 76.4 Å². The first kappa shape index (κ1) is 16.1. The number of nitrogens with zero attached hydrogens (tertiary/aromatic N) is 1. The summed E-state index contributed by atoms with van der Waals surface area (Å²) in [5.41, 5.74) is 0.939. The van der Waals surface area contributed by atoms with E-state index in [2.05, 4.69) is 5.16 Å². The number of carbonyl (C=O) groups is 1. The lowest BCUT2D eigenvalue weighted by molar-refractivity contribution is 0.0464. The van der Waals surface area contributed by atoms with E-state index in [1.807, 2.05) is 30.3 Å². The summed E-state index contributed by atoms with van der Waals surface area (Å²) in [6.07, 6.45) is 0. The molecule has 0 saturated heterocycles. The molecule has 0 spiro atoms. The van der Waals surface area contributed by atoms with Crippen molar-refractivity contribution in [3.8, 4) is 11.3 Å². The molecule has 2 aromatic carbocycles. The van der Waals surface area contributed by atoms with Crippen molar-refractivity contribution < 1.29 is 22.8 Å². The van der Waals surface area contributed by atoms with Crippen molar-refractivity contribution in [1.82, 2.24) is 5.16 Å². The van der Waals surface area contributed by atoms with E-state index in [0.717, 1.165) is 11.6 Å². The summed E-state index contributed by atoms with van der Waals surface area (Å²) in [6.45, 7) is -0.190. The Labute approximate surface area is 140 Å². The molecule has 0 saturated carbocycles. The fourth-order valence-electron chi connectivity index (χ4n) is 2.01. The van der Waals surface area contributed by atoms with Gasteiger partial charge in [-0.25, -0.2) is 13.6 Å². The molecule has 0 aliphatic rings. The number of hydrogen-bond donors (Lipinski definition) is 0. The first-order chi connectivity index (χ1) is 11.5. The fourth-order valence-corrected chi connectivity index (χ4v) is 2.24. The molecule has 0 amide bonds. The minimum Gasteiger partial charge on any atom is -0.455 e. The molecule has 0 bridgehead atoms. The van der Waals surface area contributed by atoms with Crippen LogP contribution in [-0.4, -0.2) is 11.1 Å². The van der Waals surface area contributed by atoms with E-state index >= 15 is 0 Å². The van der Waals surface area contributed by atoms with E-state index < -0.39 is 17.6 Å². The zero-order chi connectivity index (χ0) is 17.1. The zero-order valence-electron chi connectivity index (χ0n) is 12.1. The molecule has 24 heavy (non-hydrogen) atoms. The number of rotatable bonds is 4. The monoisotopic (exact) mass is 349 g/mol. The van der Waals surface area contributed by atoms with Crippen LogP contribution in [0.5, 0.6) is 0 Å². The summed E-state index contributed by atoms with van der Waals surface area (Å²) < 4.78 is 36.4. The summed E-state index contributed by atoms with van der Waals surface area (Å²) in [5, 5.41) is 3.56. The fraction of sp³-hybridized carbons (Fsp3) is 0.0588. The Balaban J connectivity index is 1.69. The van der Waals surface area contributed by atoms with Crippen molar-refractivity contribution in [2.45, 2.75) is 6.61 Å². The topological polar surface area (TPSA) is 52.3 Å². The Morgan fingerprint density at radius 2 is 1.83 bits per heavy atom. The third kappa shape index (κ3) is 3.44. The second-order valence-corrected chi connectivity index (χ2v) is 5.28. The molecule has 0 aliphatic heterocycles. The van der Waals surface area contributed by atoms with Gasteiger partial charge in [0.25, 0.3) is 0 Å². The minimum absolute atomic E-state index is 0.190. The summed E-state index contributed by atoms with van der Waals surface area (Å²) in [5.74, 6) is -2.68. The van der Waals surface area contributed by atoms with Crippen LogP contribution in [0.2, 0.25) is 5.02 Å². The molecule has 0 unspecified atom stereocenters. The normalized spacial score (nSPS) is 10.6. The Morgan fingerprint density at radius 1 is 1.12 bits per heavy atom. The van der Waals surface area contributed by atoms with Crippen molar-refractivity contribution in [3.63, 3.8) is 0 Å². The van der Waals surface area contributed by atoms with Gasteiger partial charge in [0.2, 0.25) is 0 Å². The Kier molecular flexibility index (Phi) is 4.57. The number of esters is 1. The average molecular weight is 350 g/mol. The number of ether oxygens (including phenoxy) is 1. The SMILES string of the molecule is O=C(OCc1cc(-c2ccccc2)on1)c1cc(F)c(F)cc1Cl. The van der Waals surface area contributed by atoms with Crippen LogP contribution in [0.3, 0.4) is 0 Å². The lowest BCUT2D eigenvalue weighted by Gasteiger charge is -2.05. The van der Waals surface area contributed by atoms with Crippen LogP contribution < -0.4 is 0 Å². The van der Waals surface area contributed by atoms with E-state index in [0.29, 0.717) is 17.5 Å². The standard InChI is InChI=1S/C17H10ClF2NO3/c18-13-8-15(20)14(19)7-12(13)17(22)23-9-11-6-16(24-21-11)10-4-2-1-3-5-10/h1-8H,9H2. The summed E-state index contributed by atoms with van der Waals surface area (Å²) in [7, 11) is 0. The predicted molar refractivity (Wildman–Crippen MR) is 82.4 cm³/mol. The molecule has 0 fully saturated rings. The third-order valence-corrected chi connectivity index (χ3v) is 3.51. The zero-order valence-corrected chi connectivity index (χ0v) is 12.9. The van der Waals surface area contributed by atoms with Crippen LogP contribution >= 0.6 is 11.6 Å². The van der Waals surface area contributed by atoms with E-state index in [1.165, 1.54) is 0 Å². The number of hydrogen-bond acceptors (Lipinski definition) is 4. The van der Waals surface area contributed by atoms with Crippen LogP contribution in [0.1, 0.15) is 16.1 Å². The van der Waals surface area contributed by atoms with Gasteiger partial charge in [-0.3, -0.25) is 0 Å². The van der Waals surface area contributed by atoms with Gasteiger partial charge in [0.1, 0.15) is 12.3 Å². The molecule has 0 atom stereocenters. The smallest absolute Gasteiger partial charge is 0.340 e. The summed E-state index contributed by atoms with van der Waals surface area (Å²) >= 11 is 5.72. The highest BCUT2D eigenvalue weighted by Crippen LogP contribution is 2.22. The summed E-state index contributed by atoms with van der Waals surface area (Å²) in [6, 6.07) is 12.3. The number of benzene rings is 2. The Bertz CT molecular complexity index is 881. The summed E-state index contributed by atoms with van der Waals surface area (Å²) in [4.78, 5) is 11.9. The second-order valence-electron chi connectivity index (χ2n) is 4.87. The van der Waals surface area contributed by atoms with Gasteiger partial charge in [0.15, 0.2) is 17.4 Å². The maximum absolute atomic E-state index is 13.2. The van der Waals surface area contributed by atoms with Gasteiger partial charge >= 0.3 is 5.97 Å². The van der Waals surface area contributed by atoms with Gasteiger partial charge in [0, 0.05) is 11.6 Å². The van der Waals surface area contributed by atoms with Crippen LogP contribution in [-0.2, 0) is 11.3 Å². The van der Waals surface area contributed by atoms with Crippen LogP contribution in [0.4, 0.5) is 8.78 Å². The van der Waals surface area contributed by atoms with Gasteiger partial charge in [-0.1, -0.05) is 47.1 Å². The van der Waals surface area contributed by atoms with Gasteiger partial charge in [-0.05, 0) is 12.1 Å². The van der Waals surface area contributed by atoms with E-state index in [-0.39, 0.29) is 17.2 Å². The van der Waals surface area contributed by atoms with Gasteiger partial charge < -0.3 is 9.26 Å². The number of aromatic nitrogens is 1. The molecular weight excluding hydrogens is 340 g/mol. The predicted octanol–water partition coefficient (Wildman–Crippen LogP) is 4.63. The van der Waals surface area contributed by atoms with Crippen LogP contribution in [0.15, 0.2) is 53.1 Å². The molecule has 0 aliphatic carbocycles. The van der Waals surface area contributed by atoms with Crippen molar-refractivity contribution >= 4 is 17.6 Å². The quantitative estimate of drug-likeness (QED) is 0.509. The van der Waals surface area contributed by atoms with E-state index in [4.69, 9.17) is 20.9 Å². The molecule has 0 radical (unpaired) electrons. The van der Waals surface area contributed by atoms with Crippen LogP contribution in [0.25, 0.3) is 11.3 Å². The number of halogens is 3. The average Bonchev–Trinajstić information content (AvgIpc) is 3.06. The highest BCUT2D eigenvalue weighted by atomic mass is 35.5.